The minimum atomic E-state index is -0.588. The fourth-order valence-electron chi connectivity index (χ4n) is 3.82. The van der Waals surface area contributed by atoms with Gasteiger partial charge in [0.1, 0.15) is 6.04 Å². The highest BCUT2D eigenvalue weighted by molar-refractivity contribution is 5.95. The number of rotatable bonds is 5. The van der Waals surface area contributed by atoms with Crippen molar-refractivity contribution in [3.8, 4) is 0 Å². The van der Waals surface area contributed by atoms with Crippen LogP contribution in [-0.4, -0.2) is 36.0 Å². The lowest BCUT2D eigenvalue weighted by molar-refractivity contribution is -0.134. The number of carbonyl (C=O) groups is 2. The Morgan fingerprint density at radius 2 is 1.62 bits per heavy atom. The van der Waals surface area contributed by atoms with Crippen molar-refractivity contribution in [2.45, 2.75) is 46.1 Å². The fourth-order valence-corrected chi connectivity index (χ4v) is 3.82. The molecule has 2 aromatic carbocycles. The number of nitrogens with one attached hydrogen (secondary N) is 2. The Morgan fingerprint density at radius 1 is 1.00 bits per heavy atom. The van der Waals surface area contributed by atoms with Gasteiger partial charge in [-0.25, -0.2) is 4.79 Å². The number of hydrogen-bond acceptors (Lipinski definition) is 2. The Balaban J connectivity index is 1.73. The van der Waals surface area contributed by atoms with E-state index >= 15 is 0 Å². The Morgan fingerprint density at radius 3 is 2.24 bits per heavy atom. The van der Waals surface area contributed by atoms with E-state index in [-0.39, 0.29) is 11.9 Å². The number of likely N-dealkylation sites (tertiary alicyclic amines) is 1. The fraction of sp³-hybridized carbons (Fsp3) is 0.417. The molecule has 0 spiro atoms. The molecule has 0 saturated carbocycles. The zero-order valence-electron chi connectivity index (χ0n) is 17.6. The van der Waals surface area contributed by atoms with Gasteiger partial charge in [0.25, 0.3) is 0 Å². The van der Waals surface area contributed by atoms with Gasteiger partial charge in [0, 0.05) is 25.2 Å². The molecule has 1 atom stereocenters. The summed E-state index contributed by atoms with van der Waals surface area (Å²) in [5.41, 5.74) is 3.82. The number of aryl methyl sites for hydroxylation is 2. The molecule has 0 radical (unpaired) electrons. The van der Waals surface area contributed by atoms with E-state index in [1.165, 1.54) is 0 Å². The Kier molecular flexibility index (Phi) is 6.91. The molecule has 1 aliphatic rings. The van der Waals surface area contributed by atoms with Crippen LogP contribution >= 0.6 is 0 Å². The van der Waals surface area contributed by atoms with Gasteiger partial charge in [-0.1, -0.05) is 55.5 Å². The van der Waals surface area contributed by atoms with E-state index in [0.29, 0.717) is 12.3 Å². The van der Waals surface area contributed by atoms with E-state index in [9.17, 15) is 9.59 Å². The summed E-state index contributed by atoms with van der Waals surface area (Å²) in [6.45, 7) is 7.66. The number of amides is 3. The highest BCUT2D eigenvalue weighted by Gasteiger charge is 2.28. The van der Waals surface area contributed by atoms with Gasteiger partial charge in [0.15, 0.2) is 0 Å². The van der Waals surface area contributed by atoms with E-state index in [0.717, 1.165) is 48.3 Å². The van der Waals surface area contributed by atoms with Gasteiger partial charge in [-0.3, -0.25) is 4.79 Å². The van der Waals surface area contributed by atoms with Crippen molar-refractivity contribution in [3.05, 3.63) is 65.2 Å². The SMILES string of the molecule is Cc1cccc(C)c1NC(=O)NC(Cc1ccccc1)C(=O)N1CCC(C)CC1. The van der Waals surface area contributed by atoms with Gasteiger partial charge >= 0.3 is 6.03 Å². The summed E-state index contributed by atoms with van der Waals surface area (Å²) in [4.78, 5) is 27.9. The summed E-state index contributed by atoms with van der Waals surface area (Å²) in [5.74, 6) is 0.643. The monoisotopic (exact) mass is 393 g/mol. The minimum Gasteiger partial charge on any atom is -0.341 e. The first-order valence-electron chi connectivity index (χ1n) is 10.4. The van der Waals surface area contributed by atoms with Gasteiger partial charge in [-0.2, -0.15) is 0 Å². The molecule has 1 fully saturated rings. The lowest BCUT2D eigenvalue weighted by atomic mass is 9.97. The number of para-hydroxylation sites is 1. The van der Waals surface area contributed by atoms with Crippen molar-refractivity contribution >= 4 is 17.6 Å². The molecule has 5 nitrogen and oxygen atoms in total. The standard InChI is InChI=1S/C24H31N3O2/c1-17-12-14-27(15-13-17)23(28)21(16-20-10-5-4-6-11-20)25-24(29)26-22-18(2)8-7-9-19(22)3/h4-11,17,21H,12-16H2,1-3H3,(H2,25,26,29). The van der Waals surface area contributed by atoms with Gasteiger partial charge in [0.05, 0.1) is 0 Å². The molecule has 1 heterocycles. The predicted octanol–water partition coefficient (Wildman–Crippen LogP) is 4.29. The third-order valence-electron chi connectivity index (χ3n) is 5.70. The lowest BCUT2D eigenvalue weighted by Crippen LogP contribution is -2.52. The third-order valence-corrected chi connectivity index (χ3v) is 5.70. The number of carbonyl (C=O) groups excluding carboxylic acids is 2. The largest absolute Gasteiger partial charge is 0.341 e. The Hall–Kier alpha value is -2.82. The van der Waals surface area contributed by atoms with Crippen LogP contribution in [0.2, 0.25) is 0 Å². The number of hydrogen-bond donors (Lipinski definition) is 2. The van der Waals surface area contributed by atoms with Crippen molar-refractivity contribution in [2.75, 3.05) is 18.4 Å². The molecule has 0 aromatic heterocycles. The van der Waals surface area contributed by atoms with Crippen molar-refractivity contribution in [1.29, 1.82) is 0 Å². The highest BCUT2D eigenvalue weighted by atomic mass is 16.2. The molecule has 0 bridgehead atoms. The molecule has 154 valence electrons. The third kappa shape index (κ3) is 5.59. The van der Waals surface area contributed by atoms with Crippen molar-refractivity contribution < 1.29 is 9.59 Å². The van der Waals surface area contributed by atoms with Crippen molar-refractivity contribution in [1.82, 2.24) is 10.2 Å². The van der Waals surface area contributed by atoms with Crippen LogP contribution in [0, 0.1) is 19.8 Å². The lowest BCUT2D eigenvalue weighted by Gasteiger charge is -2.33. The molecule has 5 heteroatoms. The van der Waals surface area contributed by atoms with Gasteiger partial charge in [-0.15, -0.1) is 0 Å². The summed E-state index contributed by atoms with van der Waals surface area (Å²) < 4.78 is 0. The molecule has 2 N–H and O–H groups in total. The minimum absolute atomic E-state index is 0.00240. The smallest absolute Gasteiger partial charge is 0.319 e. The van der Waals surface area contributed by atoms with E-state index in [1.54, 1.807) is 0 Å². The normalized spacial score (nSPS) is 15.6. The number of benzene rings is 2. The molecular weight excluding hydrogens is 362 g/mol. The number of piperidine rings is 1. The number of nitrogens with zero attached hydrogens (tertiary/aromatic N) is 1. The first-order valence-corrected chi connectivity index (χ1v) is 10.4. The first kappa shape index (κ1) is 20.9. The van der Waals surface area contributed by atoms with Crippen LogP contribution < -0.4 is 10.6 Å². The van der Waals surface area contributed by atoms with Crippen LogP contribution in [0.3, 0.4) is 0 Å². The highest BCUT2D eigenvalue weighted by Crippen LogP contribution is 2.20. The van der Waals surface area contributed by atoms with Crippen LogP contribution in [0.25, 0.3) is 0 Å². The zero-order chi connectivity index (χ0) is 20.8. The zero-order valence-corrected chi connectivity index (χ0v) is 17.6. The van der Waals surface area contributed by atoms with Gasteiger partial charge in [-0.05, 0) is 49.3 Å². The molecule has 0 aliphatic carbocycles. The molecule has 1 aliphatic heterocycles. The predicted molar refractivity (Wildman–Crippen MR) is 117 cm³/mol. The topological polar surface area (TPSA) is 61.4 Å². The van der Waals surface area contributed by atoms with Crippen LogP contribution in [-0.2, 0) is 11.2 Å². The van der Waals surface area contributed by atoms with E-state index in [1.807, 2.05) is 67.3 Å². The summed E-state index contributed by atoms with van der Waals surface area (Å²) in [7, 11) is 0. The van der Waals surface area contributed by atoms with Gasteiger partial charge < -0.3 is 15.5 Å². The van der Waals surface area contributed by atoms with Crippen molar-refractivity contribution in [3.63, 3.8) is 0 Å². The summed E-state index contributed by atoms with van der Waals surface area (Å²) in [6.07, 6.45) is 2.50. The second-order valence-electron chi connectivity index (χ2n) is 8.12. The molecule has 2 aromatic rings. The van der Waals surface area contributed by atoms with Crippen LogP contribution in [0.1, 0.15) is 36.5 Å². The summed E-state index contributed by atoms with van der Waals surface area (Å²) in [6, 6.07) is 14.8. The van der Waals surface area contributed by atoms with Gasteiger partial charge in [0.2, 0.25) is 5.91 Å². The molecule has 3 rings (SSSR count). The number of anilines is 1. The maximum absolute atomic E-state index is 13.2. The van der Waals surface area contributed by atoms with Crippen molar-refractivity contribution in [2.24, 2.45) is 5.92 Å². The summed E-state index contributed by atoms with van der Waals surface area (Å²) in [5, 5.41) is 5.87. The Bertz CT molecular complexity index is 822. The first-order chi connectivity index (χ1) is 13.9. The van der Waals surface area contributed by atoms with E-state index < -0.39 is 6.04 Å². The molecule has 1 saturated heterocycles. The number of urea groups is 1. The van der Waals surface area contributed by atoms with Crippen LogP contribution in [0.15, 0.2) is 48.5 Å². The molecular formula is C24H31N3O2. The molecule has 1 unspecified atom stereocenters. The molecule has 3 amide bonds. The van der Waals surface area contributed by atoms with Crippen LogP contribution in [0.4, 0.5) is 10.5 Å². The second kappa shape index (κ2) is 9.59. The van der Waals surface area contributed by atoms with E-state index in [4.69, 9.17) is 0 Å². The average Bonchev–Trinajstić information content (AvgIpc) is 2.71. The van der Waals surface area contributed by atoms with Crippen LogP contribution in [0.5, 0.6) is 0 Å². The van der Waals surface area contributed by atoms with E-state index in [2.05, 4.69) is 17.6 Å². The second-order valence-corrected chi connectivity index (χ2v) is 8.12. The quantitative estimate of drug-likeness (QED) is 0.796. The summed E-state index contributed by atoms with van der Waals surface area (Å²) >= 11 is 0. The maximum Gasteiger partial charge on any atom is 0.319 e. The maximum atomic E-state index is 13.2. The molecule has 29 heavy (non-hydrogen) atoms. The average molecular weight is 394 g/mol. The Labute approximate surface area is 173 Å².